The van der Waals surface area contributed by atoms with E-state index < -0.39 is 0 Å². The van der Waals surface area contributed by atoms with Crippen LogP contribution in [0, 0.1) is 0 Å². The van der Waals surface area contributed by atoms with Gasteiger partial charge in [-0.25, -0.2) is 9.97 Å². The number of carbonyl (C=O) groups excluding carboxylic acids is 2. The molecule has 0 radical (unpaired) electrons. The van der Waals surface area contributed by atoms with Crippen molar-refractivity contribution in [2.75, 3.05) is 25.0 Å². The van der Waals surface area contributed by atoms with Gasteiger partial charge in [-0.05, 0) is 68.8 Å². The van der Waals surface area contributed by atoms with E-state index in [1.165, 1.54) is 6.33 Å². The van der Waals surface area contributed by atoms with Gasteiger partial charge >= 0.3 is 0 Å². The maximum atomic E-state index is 13.4. The van der Waals surface area contributed by atoms with Gasteiger partial charge in [0.25, 0.3) is 0 Å². The molecule has 188 valence electrons. The lowest BCUT2D eigenvalue weighted by Crippen LogP contribution is -2.35. The number of aromatic amines is 1. The van der Waals surface area contributed by atoms with Crippen LogP contribution in [0.1, 0.15) is 35.7 Å². The lowest BCUT2D eigenvalue weighted by molar-refractivity contribution is -0.112. The summed E-state index contributed by atoms with van der Waals surface area (Å²) < 4.78 is 5.85. The molecule has 1 aliphatic heterocycles. The minimum Gasteiger partial charge on any atom is -0.457 e. The van der Waals surface area contributed by atoms with Crippen LogP contribution in [0.2, 0.25) is 0 Å². The van der Waals surface area contributed by atoms with Gasteiger partial charge in [0.15, 0.2) is 11.6 Å². The van der Waals surface area contributed by atoms with Gasteiger partial charge in [0, 0.05) is 30.9 Å². The average Bonchev–Trinajstić information content (AvgIpc) is 3.55. The monoisotopic (exact) mass is 495 g/mol. The van der Waals surface area contributed by atoms with E-state index in [1.807, 2.05) is 36.4 Å². The number of allylic oxidation sites excluding steroid dienone is 1. The second-order valence-corrected chi connectivity index (χ2v) is 9.10. The molecular weight excluding hydrogens is 466 g/mol. The number of ketones is 2. The summed E-state index contributed by atoms with van der Waals surface area (Å²) in [6.07, 6.45) is 8.89. The second kappa shape index (κ2) is 11.2. The molecular formula is C29H29N5O3. The molecule has 2 aromatic carbocycles. The van der Waals surface area contributed by atoms with Gasteiger partial charge in [-0.3, -0.25) is 14.5 Å². The highest BCUT2D eigenvalue weighted by Gasteiger charge is 2.24. The number of likely N-dealkylation sites (tertiary alicyclic amines) is 1. The fraction of sp³-hybridized carbons (Fsp3) is 0.241. The van der Waals surface area contributed by atoms with Gasteiger partial charge < -0.3 is 15.0 Å². The molecule has 1 unspecified atom stereocenters. The first-order valence-electron chi connectivity index (χ1n) is 12.4. The number of carbonyl (C=O) groups is 2. The number of hydrogen-bond donors (Lipinski definition) is 2. The number of fused-ring (bicyclic) bond motifs is 1. The van der Waals surface area contributed by atoms with Gasteiger partial charge in [-0.15, -0.1) is 0 Å². The molecule has 2 N–H and O–H groups in total. The quantitative estimate of drug-likeness (QED) is 0.236. The fourth-order valence-electron chi connectivity index (χ4n) is 4.67. The molecule has 37 heavy (non-hydrogen) atoms. The molecule has 8 heteroatoms. The molecule has 0 aliphatic carbocycles. The van der Waals surface area contributed by atoms with E-state index in [4.69, 9.17) is 4.74 Å². The maximum absolute atomic E-state index is 13.4. The number of benzene rings is 2. The van der Waals surface area contributed by atoms with E-state index in [-0.39, 0.29) is 11.6 Å². The Bertz CT molecular complexity index is 1410. The smallest absolute Gasteiger partial charge is 0.195 e. The highest BCUT2D eigenvalue weighted by molar-refractivity contribution is 6.18. The SMILES string of the molecule is CC(=O)/C=C/CN1CCCC1CNc1ncnc2[nH]cc(C(=O)c3ccc(Oc4ccccc4)cc3)c12. The van der Waals surface area contributed by atoms with E-state index in [9.17, 15) is 9.59 Å². The molecule has 3 heterocycles. The minimum atomic E-state index is -0.118. The molecule has 0 amide bonds. The number of anilines is 1. The molecule has 1 aliphatic rings. The minimum absolute atomic E-state index is 0.0558. The zero-order valence-corrected chi connectivity index (χ0v) is 20.7. The largest absolute Gasteiger partial charge is 0.457 e. The third-order valence-electron chi connectivity index (χ3n) is 6.51. The van der Waals surface area contributed by atoms with Gasteiger partial charge in [0.05, 0.1) is 10.9 Å². The molecule has 5 rings (SSSR count). The van der Waals surface area contributed by atoms with E-state index >= 15 is 0 Å². The predicted molar refractivity (Wildman–Crippen MR) is 143 cm³/mol. The summed E-state index contributed by atoms with van der Waals surface area (Å²) in [7, 11) is 0. The van der Waals surface area contributed by atoms with Crippen LogP contribution in [0.3, 0.4) is 0 Å². The number of rotatable bonds is 10. The molecule has 0 saturated carbocycles. The van der Waals surface area contributed by atoms with Crippen molar-refractivity contribution in [3.05, 3.63) is 90.4 Å². The number of aromatic nitrogens is 3. The molecule has 2 aromatic heterocycles. The number of ether oxygens (including phenoxy) is 1. The van der Waals surface area contributed by atoms with E-state index in [1.54, 1.807) is 43.5 Å². The molecule has 8 nitrogen and oxygen atoms in total. The fourth-order valence-corrected chi connectivity index (χ4v) is 4.67. The van der Waals surface area contributed by atoms with Crippen molar-refractivity contribution in [2.45, 2.75) is 25.8 Å². The first kappa shape index (κ1) is 24.4. The van der Waals surface area contributed by atoms with Crippen LogP contribution in [0.15, 0.2) is 79.3 Å². The predicted octanol–water partition coefficient (Wildman–Crippen LogP) is 5.00. The normalized spacial score (nSPS) is 15.9. The summed E-state index contributed by atoms with van der Waals surface area (Å²) in [6.45, 7) is 3.97. The van der Waals surface area contributed by atoms with Crippen molar-refractivity contribution in [2.24, 2.45) is 0 Å². The molecule has 0 spiro atoms. The molecule has 1 saturated heterocycles. The van der Waals surface area contributed by atoms with Crippen LogP contribution in [-0.4, -0.2) is 57.1 Å². The van der Waals surface area contributed by atoms with Crippen LogP contribution in [-0.2, 0) is 4.79 Å². The second-order valence-electron chi connectivity index (χ2n) is 9.10. The molecule has 1 atom stereocenters. The Kier molecular flexibility index (Phi) is 7.37. The Balaban J connectivity index is 1.31. The maximum Gasteiger partial charge on any atom is 0.195 e. The van der Waals surface area contributed by atoms with E-state index in [0.29, 0.717) is 46.3 Å². The standard InChI is InChI=1S/C29H29N5O3/c1-20(35)7-5-15-34-16-6-8-22(34)17-30-28-26-25(18-31-29(26)33-19-32-28)27(36)21-11-13-24(14-12-21)37-23-9-3-2-4-10-23/h2-5,7,9-14,18-19,22H,6,8,15-17H2,1H3,(H2,30,31,32,33)/b7-5+. The zero-order valence-electron chi connectivity index (χ0n) is 20.7. The third kappa shape index (κ3) is 5.76. The van der Waals surface area contributed by atoms with Gasteiger partial charge in [-0.2, -0.15) is 0 Å². The Morgan fingerprint density at radius 3 is 2.68 bits per heavy atom. The molecule has 1 fully saturated rings. The lowest BCUT2D eigenvalue weighted by atomic mass is 10.0. The molecule has 4 aromatic rings. The summed E-state index contributed by atoms with van der Waals surface area (Å²) in [5, 5.41) is 4.13. The summed E-state index contributed by atoms with van der Waals surface area (Å²) in [6, 6.07) is 16.9. The van der Waals surface area contributed by atoms with Crippen molar-refractivity contribution in [3.63, 3.8) is 0 Å². The summed E-state index contributed by atoms with van der Waals surface area (Å²) in [4.78, 5) is 38.9. The summed E-state index contributed by atoms with van der Waals surface area (Å²) in [5.74, 6) is 1.96. The van der Waals surface area contributed by atoms with Crippen LogP contribution < -0.4 is 10.1 Å². The number of hydrogen-bond acceptors (Lipinski definition) is 7. The number of H-pyrrole nitrogens is 1. The van der Waals surface area contributed by atoms with Crippen molar-refractivity contribution >= 4 is 28.4 Å². The van der Waals surface area contributed by atoms with Gasteiger partial charge in [-0.1, -0.05) is 24.3 Å². The number of para-hydroxylation sites is 1. The Morgan fingerprint density at radius 2 is 1.89 bits per heavy atom. The average molecular weight is 496 g/mol. The first-order chi connectivity index (χ1) is 18.1. The van der Waals surface area contributed by atoms with Crippen LogP contribution >= 0.6 is 0 Å². The van der Waals surface area contributed by atoms with E-state index in [2.05, 4.69) is 25.2 Å². The lowest BCUT2D eigenvalue weighted by Gasteiger charge is -2.23. The highest BCUT2D eigenvalue weighted by Crippen LogP contribution is 2.28. The number of nitrogens with one attached hydrogen (secondary N) is 2. The summed E-state index contributed by atoms with van der Waals surface area (Å²) in [5.41, 5.74) is 1.68. The van der Waals surface area contributed by atoms with Crippen molar-refractivity contribution < 1.29 is 14.3 Å². The molecule has 0 bridgehead atoms. The summed E-state index contributed by atoms with van der Waals surface area (Å²) >= 11 is 0. The van der Waals surface area contributed by atoms with Gasteiger partial charge in [0.2, 0.25) is 0 Å². The number of nitrogens with zero attached hydrogens (tertiary/aromatic N) is 3. The van der Waals surface area contributed by atoms with Crippen LogP contribution in [0.25, 0.3) is 11.0 Å². The van der Waals surface area contributed by atoms with Crippen LogP contribution in [0.4, 0.5) is 5.82 Å². The first-order valence-corrected chi connectivity index (χ1v) is 12.4. The van der Waals surface area contributed by atoms with Crippen molar-refractivity contribution in [1.29, 1.82) is 0 Å². The van der Waals surface area contributed by atoms with Crippen molar-refractivity contribution in [3.8, 4) is 11.5 Å². The van der Waals surface area contributed by atoms with E-state index in [0.717, 1.165) is 31.7 Å². The Hall–Kier alpha value is -4.30. The highest BCUT2D eigenvalue weighted by atomic mass is 16.5. The Morgan fingerprint density at radius 1 is 1.11 bits per heavy atom. The topological polar surface area (TPSA) is 100 Å². The van der Waals surface area contributed by atoms with Gasteiger partial charge in [0.1, 0.15) is 29.3 Å². The third-order valence-corrected chi connectivity index (χ3v) is 6.51. The zero-order chi connectivity index (χ0) is 25.6. The Labute approximate surface area is 215 Å². The van der Waals surface area contributed by atoms with Crippen LogP contribution in [0.5, 0.6) is 11.5 Å². The van der Waals surface area contributed by atoms with Crippen molar-refractivity contribution in [1.82, 2.24) is 19.9 Å².